The van der Waals surface area contributed by atoms with Gasteiger partial charge in [0.1, 0.15) is 16.5 Å². The summed E-state index contributed by atoms with van der Waals surface area (Å²) in [6.45, 7) is 0.0630. The maximum atomic E-state index is 14.4. The molecule has 0 atom stereocenters. The highest BCUT2D eigenvalue weighted by Gasteiger charge is 2.51. The van der Waals surface area contributed by atoms with Gasteiger partial charge in [0.25, 0.3) is 0 Å². The van der Waals surface area contributed by atoms with Crippen molar-refractivity contribution < 1.29 is 37.4 Å². The predicted molar refractivity (Wildman–Crippen MR) is 174 cm³/mol. The standard InChI is InChI=1S/C30H21BrCl2F2N3O6PS/c1-43-28(39)19-5-3-7-22(14-19)44-21-6-2-4-18(13-21)27-37-38(29(46-27)36-20-9-11-25(32)26(33)15-20)16-17-8-10-23(24(31)12-17)30(34,35)45(40,41)42/h2-15H,16H2,1H3,(H2,40,41,42)/b36-29+. The molecular weight excluding hydrogens is 750 g/mol. The van der Waals surface area contributed by atoms with Crippen molar-refractivity contribution in [2.24, 2.45) is 4.99 Å². The lowest BCUT2D eigenvalue weighted by Gasteiger charge is -2.19. The lowest BCUT2D eigenvalue weighted by molar-refractivity contribution is 0.0557. The number of hydrogen-bond donors (Lipinski definition) is 2. The molecule has 5 aromatic rings. The van der Waals surface area contributed by atoms with E-state index in [4.69, 9.17) is 47.6 Å². The summed E-state index contributed by atoms with van der Waals surface area (Å²) in [6.07, 6.45) is 0. The van der Waals surface area contributed by atoms with Crippen molar-refractivity contribution in [1.29, 1.82) is 0 Å². The van der Waals surface area contributed by atoms with E-state index in [1.54, 1.807) is 65.3 Å². The van der Waals surface area contributed by atoms with Gasteiger partial charge in [-0.2, -0.15) is 13.9 Å². The zero-order valence-electron chi connectivity index (χ0n) is 23.4. The van der Waals surface area contributed by atoms with Gasteiger partial charge in [0.05, 0.1) is 35.0 Å². The highest BCUT2D eigenvalue weighted by molar-refractivity contribution is 9.10. The Bertz CT molecular complexity index is 2070. The van der Waals surface area contributed by atoms with E-state index in [9.17, 15) is 18.1 Å². The first-order valence-electron chi connectivity index (χ1n) is 13.0. The zero-order valence-corrected chi connectivity index (χ0v) is 28.2. The van der Waals surface area contributed by atoms with Crippen LogP contribution >= 0.6 is 58.1 Å². The van der Waals surface area contributed by atoms with Gasteiger partial charge in [0.2, 0.25) is 4.80 Å². The first-order valence-corrected chi connectivity index (χ1v) is 17.0. The Morgan fingerprint density at radius 3 is 2.41 bits per heavy atom. The fourth-order valence-electron chi connectivity index (χ4n) is 4.14. The summed E-state index contributed by atoms with van der Waals surface area (Å²) in [5.41, 5.74) is -3.24. The number of benzene rings is 4. The third-order valence-electron chi connectivity index (χ3n) is 6.38. The fraction of sp³-hybridized carbons (Fsp3) is 0.100. The van der Waals surface area contributed by atoms with Crippen LogP contribution in [0.5, 0.6) is 11.5 Å². The maximum absolute atomic E-state index is 14.4. The Hall–Kier alpha value is -3.42. The lowest BCUT2D eigenvalue weighted by atomic mass is 10.1. The van der Waals surface area contributed by atoms with E-state index < -0.39 is 24.8 Å². The van der Waals surface area contributed by atoms with Gasteiger partial charge in [0, 0.05) is 15.6 Å². The number of hydrogen-bond acceptors (Lipinski definition) is 7. The molecule has 0 spiro atoms. The zero-order chi connectivity index (χ0) is 33.2. The lowest BCUT2D eigenvalue weighted by Crippen LogP contribution is -2.18. The molecule has 1 aromatic heterocycles. The summed E-state index contributed by atoms with van der Waals surface area (Å²) in [4.78, 5) is 35.4. The third-order valence-corrected chi connectivity index (χ3v) is 9.74. The second kappa shape index (κ2) is 13.7. The molecule has 16 heteroatoms. The van der Waals surface area contributed by atoms with Crippen molar-refractivity contribution in [1.82, 2.24) is 9.78 Å². The van der Waals surface area contributed by atoms with E-state index in [2.05, 4.69) is 20.9 Å². The van der Waals surface area contributed by atoms with Crippen molar-refractivity contribution in [3.63, 3.8) is 0 Å². The number of rotatable bonds is 9. The average molecular weight is 771 g/mol. The van der Waals surface area contributed by atoms with Crippen LogP contribution in [0, 0.1) is 0 Å². The van der Waals surface area contributed by atoms with E-state index >= 15 is 0 Å². The monoisotopic (exact) mass is 769 g/mol. The number of carbonyl (C=O) groups is 1. The summed E-state index contributed by atoms with van der Waals surface area (Å²) >= 11 is 16.5. The van der Waals surface area contributed by atoms with Crippen LogP contribution in [0.15, 0.2) is 94.4 Å². The van der Waals surface area contributed by atoms with Crippen LogP contribution in [-0.4, -0.2) is 32.6 Å². The van der Waals surface area contributed by atoms with E-state index in [-0.39, 0.29) is 11.0 Å². The smallest absolute Gasteiger partial charge is 0.399 e. The Balaban J connectivity index is 1.52. The van der Waals surface area contributed by atoms with Crippen LogP contribution in [0.2, 0.25) is 10.0 Å². The van der Waals surface area contributed by atoms with Gasteiger partial charge in [-0.05, 0) is 60.2 Å². The van der Waals surface area contributed by atoms with Gasteiger partial charge >= 0.3 is 19.2 Å². The fourth-order valence-corrected chi connectivity index (χ4v) is 6.69. The molecule has 46 heavy (non-hydrogen) atoms. The van der Waals surface area contributed by atoms with Crippen molar-refractivity contribution >= 4 is 69.7 Å². The second-order valence-corrected chi connectivity index (χ2v) is 13.9. The molecule has 9 nitrogen and oxygen atoms in total. The summed E-state index contributed by atoms with van der Waals surface area (Å²) in [5.74, 6) is 0.389. The summed E-state index contributed by atoms with van der Waals surface area (Å²) in [7, 11) is -4.47. The molecule has 0 radical (unpaired) electrons. The minimum Gasteiger partial charge on any atom is -0.465 e. The second-order valence-electron chi connectivity index (χ2n) is 9.61. The molecule has 1 heterocycles. The number of alkyl halides is 2. The van der Waals surface area contributed by atoms with Crippen LogP contribution in [0.25, 0.3) is 10.6 Å². The first-order chi connectivity index (χ1) is 21.7. The molecule has 0 fully saturated rings. The Morgan fingerprint density at radius 1 is 1.02 bits per heavy atom. The normalized spacial score (nSPS) is 12.3. The highest BCUT2D eigenvalue weighted by atomic mass is 79.9. The number of methoxy groups -OCH3 is 1. The van der Waals surface area contributed by atoms with Crippen molar-refractivity contribution in [2.45, 2.75) is 12.2 Å². The summed E-state index contributed by atoms with van der Waals surface area (Å²) < 4.78 is 52.4. The first kappa shape index (κ1) is 33.9. The van der Waals surface area contributed by atoms with Crippen LogP contribution in [0.4, 0.5) is 14.5 Å². The van der Waals surface area contributed by atoms with Crippen LogP contribution in [-0.2, 0) is 21.5 Å². The van der Waals surface area contributed by atoms with Crippen LogP contribution in [0.3, 0.4) is 0 Å². The molecule has 238 valence electrons. The van der Waals surface area contributed by atoms with E-state index in [1.807, 2.05) is 6.07 Å². The summed E-state index contributed by atoms with van der Waals surface area (Å²) in [6, 6.07) is 22.1. The Labute approximate surface area is 283 Å². The molecule has 0 saturated heterocycles. The summed E-state index contributed by atoms with van der Waals surface area (Å²) in [5, 5.41) is 5.91. The molecule has 0 unspecified atom stereocenters. The molecular formula is C30H21BrCl2F2N3O6PS. The van der Waals surface area contributed by atoms with Crippen molar-refractivity contribution in [3.05, 3.63) is 121 Å². The largest absolute Gasteiger partial charge is 0.465 e. The van der Waals surface area contributed by atoms with E-state index in [0.29, 0.717) is 53.7 Å². The van der Waals surface area contributed by atoms with Gasteiger partial charge in [0.15, 0.2) is 0 Å². The van der Waals surface area contributed by atoms with Gasteiger partial charge in [-0.3, -0.25) is 4.57 Å². The molecule has 0 amide bonds. The maximum Gasteiger partial charge on any atom is 0.399 e. The molecule has 0 aliphatic rings. The Morgan fingerprint density at radius 2 is 1.74 bits per heavy atom. The molecule has 0 aliphatic heterocycles. The minimum absolute atomic E-state index is 0.0630. The number of ether oxygens (including phenoxy) is 2. The number of nitrogens with zero attached hydrogens (tertiary/aromatic N) is 3. The molecule has 0 saturated carbocycles. The van der Waals surface area contributed by atoms with Crippen LogP contribution < -0.4 is 9.54 Å². The minimum atomic E-state index is -5.76. The molecule has 5 rings (SSSR count). The molecule has 0 bridgehead atoms. The van der Waals surface area contributed by atoms with Gasteiger partial charge in [-0.25, -0.2) is 14.5 Å². The highest BCUT2D eigenvalue weighted by Crippen LogP contribution is 2.60. The number of halogens is 5. The van der Waals surface area contributed by atoms with Crippen LogP contribution in [0.1, 0.15) is 21.5 Å². The average Bonchev–Trinajstić information content (AvgIpc) is 3.40. The number of carbonyl (C=O) groups excluding carboxylic acids is 1. The van der Waals surface area contributed by atoms with Gasteiger partial charge in [-0.15, -0.1) is 0 Å². The molecule has 0 aliphatic carbocycles. The molecule has 4 aromatic carbocycles. The SMILES string of the molecule is COC(=O)c1cccc(Oc2cccc(-c3nn(Cc4ccc(C(F)(F)P(=O)(O)O)c(Br)c4)/c(=N\c4ccc(Cl)c(Cl)c4)s3)c2)c1. The van der Waals surface area contributed by atoms with E-state index in [0.717, 1.165) is 6.07 Å². The Kier molecular flexibility index (Phi) is 10.1. The van der Waals surface area contributed by atoms with Crippen molar-refractivity contribution in [3.8, 4) is 22.1 Å². The third kappa shape index (κ3) is 7.58. The van der Waals surface area contributed by atoms with Gasteiger partial charge < -0.3 is 19.3 Å². The topological polar surface area (TPSA) is 123 Å². The number of esters is 1. The predicted octanol–water partition coefficient (Wildman–Crippen LogP) is 8.77. The quantitative estimate of drug-likeness (QED) is 0.114. The van der Waals surface area contributed by atoms with Crippen molar-refractivity contribution in [2.75, 3.05) is 7.11 Å². The molecule has 2 N–H and O–H groups in total. The number of aromatic nitrogens is 2. The van der Waals surface area contributed by atoms with Gasteiger partial charge in [-0.1, -0.05) is 80.8 Å². The van der Waals surface area contributed by atoms with E-state index in [1.165, 1.54) is 30.6 Å².